The fraction of sp³-hybridized carbons (Fsp3) is 0.500. The third kappa shape index (κ3) is 3.31. The van der Waals surface area contributed by atoms with E-state index in [4.69, 9.17) is 9.47 Å². The second-order valence-electron chi connectivity index (χ2n) is 9.28. The van der Waals surface area contributed by atoms with Gasteiger partial charge in [0.05, 0.1) is 6.10 Å². The molecule has 1 aromatic rings. The zero-order valence-corrected chi connectivity index (χ0v) is 17.2. The standard InChI is InChI=1S/C24H28O5/c1-23(2)12-11-18(25)24(3)20-16(14-28-22(20)27)13-17(21(23)24)29-19(26)10-9-15-7-5-4-6-8-15/h4-10,17-18,21,25H,11-14H2,1-3H3. The topological polar surface area (TPSA) is 72.8 Å². The van der Waals surface area contributed by atoms with Gasteiger partial charge in [-0.25, -0.2) is 9.59 Å². The Morgan fingerprint density at radius 2 is 1.97 bits per heavy atom. The van der Waals surface area contributed by atoms with E-state index in [1.807, 2.05) is 37.3 Å². The lowest BCUT2D eigenvalue weighted by atomic mass is 9.48. The molecule has 4 rings (SSSR count). The minimum absolute atomic E-state index is 0.169. The molecular weight excluding hydrogens is 368 g/mol. The van der Waals surface area contributed by atoms with Gasteiger partial charge in [-0.3, -0.25) is 0 Å². The normalized spacial score (nSPS) is 33.2. The number of fused-ring (bicyclic) bond motifs is 2. The monoisotopic (exact) mass is 396 g/mol. The number of esters is 2. The largest absolute Gasteiger partial charge is 0.459 e. The van der Waals surface area contributed by atoms with Gasteiger partial charge in [0, 0.05) is 29.4 Å². The maximum atomic E-state index is 12.6. The first-order valence-electron chi connectivity index (χ1n) is 10.2. The molecule has 0 radical (unpaired) electrons. The molecule has 1 heterocycles. The van der Waals surface area contributed by atoms with Gasteiger partial charge in [-0.2, -0.15) is 0 Å². The lowest BCUT2D eigenvalue weighted by Crippen LogP contribution is -2.59. The fourth-order valence-electron chi connectivity index (χ4n) is 5.78. The Bertz CT molecular complexity index is 882. The van der Waals surface area contributed by atoms with Crippen LogP contribution in [0.4, 0.5) is 0 Å². The second kappa shape index (κ2) is 7.13. The predicted octanol–water partition coefficient (Wildman–Crippen LogP) is 3.67. The molecule has 1 aromatic carbocycles. The molecule has 1 fully saturated rings. The number of ether oxygens (including phenoxy) is 2. The van der Waals surface area contributed by atoms with Gasteiger partial charge in [0.25, 0.3) is 0 Å². The summed E-state index contributed by atoms with van der Waals surface area (Å²) in [6, 6.07) is 9.58. The summed E-state index contributed by atoms with van der Waals surface area (Å²) in [5, 5.41) is 11.0. The van der Waals surface area contributed by atoms with Crippen molar-refractivity contribution in [1.82, 2.24) is 0 Å². The Balaban J connectivity index is 1.65. The number of hydrogen-bond acceptors (Lipinski definition) is 5. The zero-order chi connectivity index (χ0) is 20.8. The van der Waals surface area contributed by atoms with Crippen molar-refractivity contribution >= 4 is 18.0 Å². The fourth-order valence-corrected chi connectivity index (χ4v) is 5.78. The Morgan fingerprint density at radius 3 is 2.69 bits per heavy atom. The molecule has 0 aromatic heterocycles. The third-order valence-electron chi connectivity index (χ3n) is 7.01. The van der Waals surface area contributed by atoms with Crippen molar-refractivity contribution in [1.29, 1.82) is 0 Å². The van der Waals surface area contributed by atoms with E-state index in [2.05, 4.69) is 13.8 Å². The molecular formula is C24H28O5. The molecule has 3 aliphatic rings. The first kappa shape index (κ1) is 19.9. The van der Waals surface area contributed by atoms with Crippen molar-refractivity contribution in [3.63, 3.8) is 0 Å². The molecule has 5 nitrogen and oxygen atoms in total. The molecule has 1 saturated carbocycles. The number of aliphatic hydroxyl groups excluding tert-OH is 1. The quantitative estimate of drug-likeness (QED) is 0.623. The Labute approximate surface area is 171 Å². The van der Waals surface area contributed by atoms with Gasteiger partial charge < -0.3 is 14.6 Å². The molecule has 1 aliphatic heterocycles. The molecule has 4 atom stereocenters. The highest BCUT2D eigenvalue weighted by Gasteiger charge is 2.62. The molecule has 5 heteroatoms. The maximum absolute atomic E-state index is 12.6. The maximum Gasteiger partial charge on any atom is 0.335 e. The molecule has 29 heavy (non-hydrogen) atoms. The highest BCUT2D eigenvalue weighted by atomic mass is 16.5. The first-order valence-corrected chi connectivity index (χ1v) is 10.2. The van der Waals surface area contributed by atoms with Gasteiger partial charge in [0.15, 0.2) is 0 Å². The highest BCUT2D eigenvalue weighted by Crippen LogP contribution is 2.61. The van der Waals surface area contributed by atoms with E-state index >= 15 is 0 Å². The van der Waals surface area contributed by atoms with Crippen LogP contribution in [0.1, 0.15) is 45.6 Å². The van der Waals surface area contributed by atoms with Crippen LogP contribution in [-0.4, -0.2) is 35.9 Å². The van der Waals surface area contributed by atoms with E-state index in [1.165, 1.54) is 6.08 Å². The number of cyclic esters (lactones) is 1. The second-order valence-corrected chi connectivity index (χ2v) is 9.28. The van der Waals surface area contributed by atoms with Crippen LogP contribution in [0.25, 0.3) is 6.08 Å². The third-order valence-corrected chi connectivity index (χ3v) is 7.01. The SMILES string of the molecule is CC1(C)CCC(O)C2(C)C3=C(COC3=O)CC(OC(=O)C=Cc3ccccc3)C12. The van der Waals surface area contributed by atoms with E-state index in [1.54, 1.807) is 6.08 Å². The van der Waals surface area contributed by atoms with E-state index in [-0.39, 0.29) is 23.9 Å². The van der Waals surface area contributed by atoms with Crippen molar-refractivity contribution in [3.05, 3.63) is 53.1 Å². The number of carbonyl (C=O) groups excluding carboxylic acids is 2. The van der Waals surface area contributed by atoms with Gasteiger partial charge in [-0.15, -0.1) is 0 Å². The van der Waals surface area contributed by atoms with Crippen molar-refractivity contribution in [2.75, 3.05) is 6.61 Å². The summed E-state index contributed by atoms with van der Waals surface area (Å²) in [4.78, 5) is 25.1. The average Bonchev–Trinajstić information content (AvgIpc) is 3.05. The zero-order valence-electron chi connectivity index (χ0n) is 17.2. The summed E-state index contributed by atoms with van der Waals surface area (Å²) >= 11 is 0. The minimum atomic E-state index is -0.781. The molecule has 0 amide bonds. The summed E-state index contributed by atoms with van der Waals surface area (Å²) in [5.74, 6) is -0.915. The molecule has 1 N–H and O–H groups in total. The lowest BCUT2D eigenvalue weighted by Gasteiger charge is -2.57. The summed E-state index contributed by atoms with van der Waals surface area (Å²) in [6.07, 6.45) is 3.99. The van der Waals surface area contributed by atoms with Gasteiger partial charge >= 0.3 is 11.9 Å². The average molecular weight is 396 g/mol. The minimum Gasteiger partial charge on any atom is -0.459 e. The van der Waals surface area contributed by atoms with E-state index in [0.717, 1.165) is 17.6 Å². The number of rotatable bonds is 3. The van der Waals surface area contributed by atoms with Crippen molar-refractivity contribution in [3.8, 4) is 0 Å². The van der Waals surface area contributed by atoms with Gasteiger partial charge in [-0.05, 0) is 35.5 Å². The van der Waals surface area contributed by atoms with E-state index in [9.17, 15) is 14.7 Å². The van der Waals surface area contributed by atoms with Crippen LogP contribution < -0.4 is 0 Å². The van der Waals surface area contributed by atoms with Gasteiger partial charge in [0.2, 0.25) is 0 Å². The van der Waals surface area contributed by atoms with Crippen LogP contribution in [0.2, 0.25) is 0 Å². The van der Waals surface area contributed by atoms with Gasteiger partial charge in [-0.1, -0.05) is 51.1 Å². The summed E-state index contributed by atoms with van der Waals surface area (Å²) in [7, 11) is 0. The highest BCUT2D eigenvalue weighted by molar-refractivity contribution is 5.94. The Kier molecular flexibility index (Phi) is 4.89. The number of hydrogen-bond donors (Lipinski definition) is 1. The first-order chi connectivity index (χ1) is 13.7. The molecule has 0 bridgehead atoms. The van der Waals surface area contributed by atoms with Crippen LogP contribution in [0.5, 0.6) is 0 Å². The summed E-state index contributed by atoms with van der Waals surface area (Å²) in [5.41, 5.74) is 1.41. The van der Waals surface area contributed by atoms with E-state index in [0.29, 0.717) is 18.4 Å². The predicted molar refractivity (Wildman–Crippen MR) is 109 cm³/mol. The molecule has 154 valence electrons. The molecule has 0 spiro atoms. The molecule has 0 saturated heterocycles. The smallest absolute Gasteiger partial charge is 0.335 e. The molecule has 4 unspecified atom stereocenters. The van der Waals surface area contributed by atoms with Crippen LogP contribution in [0, 0.1) is 16.7 Å². The van der Waals surface area contributed by atoms with Crippen LogP contribution in [0.15, 0.2) is 47.6 Å². The summed E-state index contributed by atoms with van der Waals surface area (Å²) < 4.78 is 11.2. The molecule has 2 aliphatic carbocycles. The number of carbonyl (C=O) groups is 2. The summed E-state index contributed by atoms with van der Waals surface area (Å²) in [6.45, 7) is 6.42. The van der Waals surface area contributed by atoms with E-state index < -0.39 is 23.6 Å². The van der Waals surface area contributed by atoms with Crippen LogP contribution >= 0.6 is 0 Å². The van der Waals surface area contributed by atoms with Crippen LogP contribution in [-0.2, 0) is 19.1 Å². The van der Waals surface area contributed by atoms with Crippen molar-refractivity contribution in [2.45, 2.75) is 52.2 Å². The Hall–Kier alpha value is -2.40. The van der Waals surface area contributed by atoms with Crippen molar-refractivity contribution in [2.24, 2.45) is 16.7 Å². The lowest BCUT2D eigenvalue weighted by molar-refractivity contribution is -0.170. The Morgan fingerprint density at radius 1 is 1.24 bits per heavy atom. The van der Waals surface area contributed by atoms with Crippen molar-refractivity contribution < 1.29 is 24.2 Å². The van der Waals surface area contributed by atoms with Crippen LogP contribution in [0.3, 0.4) is 0 Å². The number of benzene rings is 1. The van der Waals surface area contributed by atoms with Gasteiger partial charge in [0.1, 0.15) is 12.7 Å². The number of aliphatic hydroxyl groups is 1.